The Hall–Kier alpha value is -2.66. The highest BCUT2D eigenvalue weighted by atomic mass is 16.5. The van der Waals surface area contributed by atoms with Crippen LogP contribution in [0.1, 0.15) is 47.2 Å². The van der Waals surface area contributed by atoms with E-state index in [1.165, 1.54) is 5.56 Å². The van der Waals surface area contributed by atoms with E-state index in [9.17, 15) is 9.59 Å². The summed E-state index contributed by atoms with van der Waals surface area (Å²) in [6, 6.07) is 17.8. The molecule has 2 aromatic rings. The lowest BCUT2D eigenvalue weighted by Gasteiger charge is -2.15. The Morgan fingerprint density at radius 2 is 1.69 bits per heavy atom. The molecule has 0 saturated carbocycles. The number of carbonyl (C=O) groups excluding carboxylic acids is 2. The molecule has 1 saturated heterocycles. The number of nitrogens with zero attached hydrogens (tertiary/aromatic N) is 1. The van der Waals surface area contributed by atoms with Gasteiger partial charge in [0.25, 0.3) is 5.91 Å². The van der Waals surface area contributed by atoms with Crippen LogP contribution in [0.15, 0.2) is 54.6 Å². The van der Waals surface area contributed by atoms with Crippen LogP contribution >= 0.6 is 0 Å². The van der Waals surface area contributed by atoms with E-state index in [4.69, 9.17) is 4.74 Å². The van der Waals surface area contributed by atoms with E-state index in [-0.39, 0.29) is 11.8 Å². The minimum absolute atomic E-state index is 0.00734. The maximum absolute atomic E-state index is 12.5. The van der Waals surface area contributed by atoms with Gasteiger partial charge in [-0.3, -0.25) is 9.59 Å². The van der Waals surface area contributed by atoms with E-state index < -0.39 is 0 Å². The number of ether oxygens (including phenoxy) is 1. The molecule has 0 aliphatic carbocycles. The van der Waals surface area contributed by atoms with Gasteiger partial charge in [0.05, 0.1) is 6.61 Å². The highest BCUT2D eigenvalue weighted by Crippen LogP contribution is 2.14. The molecule has 2 amide bonds. The predicted molar refractivity (Wildman–Crippen MR) is 114 cm³/mol. The molecular weight excluding hydrogens is 364 g/mol. The smallest absolute Gasteiger partial charge is 0.253 e. The van der Waals surface area contributed by atoms with E-state index in [2.05, 4.69) is 17.4 Å². The Balaban J connectivity index is 1.31. The Kier molecular flexibility index (Phi) is 8.25. The summed E-state index contributed by atoms with van der Waals surface area (Å²) >= 11 is 0. The van der Waals surface area contributed by atoms with Crippen molar-refractivity contribution in [1.82, 2.24) is 10.2 Å². The monoisotopic (exact) mass is 394 g/mol. The molecule has 29 heavy (non-hydrogen) atoms. The van der Waals surface area contributed by atoms with Gasteiger partial charge in [0, 0.05) is 38.2 Å². The molecule has 0 radical (unpaired) electrons. The van der Waals surface area contributed by atoms with Gasteiger partial charge in [-0.25, -0.2) is 0 Å². The van der Waals surface area contributed by atoms with Crippen LogP contribution in [0.4, 0.5) is 0 Å². The number of likely N-dealkylation sites (tertiary alicyclic amines) is 1. The minimum Gasteiger partial charge on any atom is -0.381 e. The second kappa shape index (κ2) is 11.4. The van der Waals surface area contributed by atoms with Gasteiger partial charge in [-0.1, -0.05) is 42.5 Å². The van der Waals surface area contributed by atoms with Crippen molar-refractivity contribution in [3.63, 3.8) is 0 Å². The van der Waals surface area contributed by atoms with E-state index >= 15 is 0 Å². The first-order valence-corrected chi connectivity index (χ1v) is 10.5. The third-order valence-corrected chi connectivity index (χ3v) is 5.13. The topological polar surface area (TPSA) is 58.6 Å². The van der Waals surface area contributed by atoms with Crippen molar-refractivity contribution in [1.29, 1.82) is 0 Å². The van der Waals surface area contributed by atoms with E-state index in [1.54, 1.807) is 0 Å². The summed E-state index contributed by atoms with van der Waals surface area (Å²) in [4.78, 5) is 26.4. The van der Waals surface area contributed by atoms with Crippen LogP contribution in [0, 0.1) is 0 Å². The number of carbonyl (C=O) groups is 2. The molecule has 0 atom stereocenters. The van der Waals surface area contributed by atoms with Gasteiger partial charge in [-0.05, 0) is 48.9 Å². The van der Waals surface area contributed by atoms with Crippen molar-refractivity contribution in [3.05, 3.63) is 71.3 Å². The SMILES string of the molecule is O=C(CCCOCCc1ccccc1)NCc1cccc(C(=O)N2CCCC2)c1. The average molecular weight is 395 g/mol. The fraction of sp³-hybridized carbons (Fsp3) is 0.417. The molecule has 3 rings (SSSR count). The van der Waals surface area contributed by atoms with Gasteiger partial charge in [0.15, 0.2) is 0 Å². The Morgan fingerprint density at radius 1 is 0.931 bits per heavy atom. The second-order valence-electron chi connectivity index (χ2n) is 7.43. The molecule has 154 valence electrons. The van der Waals surface area contributed by atoms with E-state index in [0.717, 1.165) is 37.9 Å². The molecule has 0 spiro atoms. The predicted octanol–water partition coefficient (Wildman–Crippen LogP) is 3.58. The minimum atomic E-state index is 0.00734. The lowest BCUT2D eigenvalue weighted by atomic mass is 10.1. The quantitative estimate of drug-likeness (QED) is 0.627. The second-order valence-corrected chi connectivity index (χ2v) is 7.43. The summed E-state index contributed by atoms with van der Waals surface area (Å²) in [7, 11) is 0. The summed E-state index contributed by atoms with van der Waals surface area (Å²) in [5.41, 5.74) is 2.91. The summed E-state index contributed by atoms with van der Waals surface area (Å²) in [6.45, 7) is 3.37. The first-order chi connectivity index (χ1) is 14.2. The normalized spacial score (nSPS) is 13.4. The molecule has 1 fully saturated rings. The molecule has 1 aliphatic heterocycles. The highest BCUT2D eigenvalue weighted by molar-refractivity contribution is 5.94. The molecule has 5 nitrogen and oxygen atoms in total. The fourth-order valence-electron chi connectivity index (χ4n) is 3.48. The number of benzene rings is 2. The zero-order valence-electron chi connectivity index (χ0n) is 16.9. The van der Waals surface area contributed by atoms with Gasteiger partial charge in [-0.2, -0.15) is 0 Å². The van der Waals surface area contributed by atoms with Crippen molar-refractivity contribution >= 4 is 11.8 Å². The van der Waals surface area contributed by atoms with Gasteiger partial charge >= 0.3 is 0 Å². The third-order valence-electron chi connectivity index (χ3n) is 5.13. The van der Waals surface area contributed by atoms with Crippen LogP contribution in [0.25, 0.3) is 0 Å². The zero-order valence-corrected chi connectivity index (χ0v) is 16.9. The zero-order chi connectivity index (χ0) is 20.3. The van der Waals surface area contributed by atoms with Gasteiger partial charge in [0.1, 0.15) is 0 Å². The van der Waals surface area contributed by atoms with Gasteiger partial charge in [0.2, 0.25) is 5.91 Å². The summed E-state index contributed by atoms with van der Waals surface area (Å²) in [5, 5.41) is 2.93. The highest BCUT2D eigenvalue weighted by Gasteiger charge is 2.19. The number of nitrogens with one attached hydrogen (secondary N) is 1. The Labute approximate surface area is 173 Å². The molecule has 1 aliphatic rings. The summed E-state index contributed by atoms with van der Waals surface area (Å²) < 4.78 is 5.62. The maximum Gasteiger partial charge on any atom is 0.253 e. The largest absolute Gasteiger partial charge is 0.381 e. The number of hydrogen-bond donors (Lipinski definition) is 1. The van der Waals surface area contributed by atoms with E-state index in [0.29, 0.717) is 38.2 Å². The third kappa shape index (κ3) is 7.02. The fourth-order valence-corrected chi connectivity index (χ4v) is 3.48. The van der Waals surface area contributed by atoms with Crippen LogP contribution in [-0.4, -0.2) is 43.0 Å². The van der Waals surface area contributed by atoms with Crippen LogP contribution in [0.5, 0.6) is 0 Å². The van der Waals surface area contributed by atoms with Crippen molar-refractivity contribution in [2.45, 2.75) is 38.6 Å². The molecule has 0 aromatic heterocycles. The van der Waals surface area contributed by atoms with Crippen molar-refractivity contribution in [2.24, 2.45) is 0 Å². The van der Waals surface area contributed by atoms with Crippen LogP contribution in [0.3, 0.4) is 0 Å². The standard InChI is InChI=1S/C24H30N2O3/c27-23(12-7-16-29-17-13-20-8-2-1-3-9-20)25-19-21-10-6-11-22(18-21)24(28)26-14-4-5-15-26/h1-3,6,8-11,18H,4-5,7,12-17,19H2,(H,25,27). The van der Waals surface area contributed by atoms with E-state index in [1.807, 2.05) is 47.4 Å². The molecule has 2 aromatic carbocycles. The summed E-state index contributed by atoms with van der Waals surface area (Å²) in [6.07, 6.45) is 4.19. The number of hydrogen-bond acceptors (Lipinski definition) is 3. The van der Waals surface area contributed by atoms with Crippen LogP contribution in [-0.2, 0) is 22.5 Å². The van der Waals surface area contributed by atoms with Gasteiger partial charge in [-0.15, -0.1) is 0 Å². The first kappa shape index (κ1) is 21.1. The summed E-state index contributed by atoms with van der Waals surface area (Å²) in [5.74, 6) is 0.0938. The number of amides is 2. The van der Waals surface area contributed by atoms with Crippen molar-refractivity contribution in [3.8, 4) is 0 Å². The van der Waals surface area contributed by atoms with Crippen LogP contribution < -0.4 is 5.32 Å². The number of rotatable bonds is 10. The molecular formula is C24H30N2O3. The molecule has 0 unspecified atom stereocenters. The Bertz CT molecular complexity index is 786. The van der Waals surface area contributed by atoms with Crippen LogP contribution in [0.2, 0.25) is 0 Å². The maximum atomic E-state index is 12.5. The van der Waals surface area contributed by atoms with Crippen molar-refractivity contribution < 1.29 is 14.3 Å². The molecule has 0 bridgehead atoms. The molecule has 5 heteroatoms. The lowest BCUT2D eigenvalue weighted by molar-refractivity contribution is -0.121. The lowest BCUT2D eigenvalue weighted by Crippen LogP contribution is -2.28. The molecule has 1 N–H and O–H groups in total. The first-order valence-electron chi connectivity index (χ1n) is 10.5. The Morgan fingerprint density at radius 3 is 2.48 bits per heavy atom. The molecule has 1 heterocycles. The van der Waals surface area contributed by atoms with Crippen molar-refractivity contribution in [2.75, 3.05) is 26.3 Å². The average Bonchev–Trinajstić information content (AvgIpc) is 3.30. The van der Waals surface area contributed by atoms with Gasteiger partial charge < -0.3 is 15.0 Å².